The molecule has 0 saturated carbocycles. The maximum absolute atomic E-state index is 13.0. The van der Waals surface area contributed by atoms with Gasteiger partial charge in [-0.15, -0.1) is 0 Å². The molecular formula is C9H18FN. The highest BCUT2D eigenvalue weighted by Crippen LogP contribution is 2.27. The van der Waals surface area contributed by atoms with E-state index in [1.54, 1.807) is 6.92 Å². The molecule has 0 aromatic carbocycles. The molecule has 0 radical (unpaired) electrons. The summed E-state index contributed by atoms with van der Waals surface area (Å²) in [4.78, 5) is 2.17. The fourth-order valence-corrected chi connectivity index (χ4v) is 1.67. The van der Waals surface area contributed by atoms with E-state index in [2.05, 4.69) is 25.7 Å². The van der Waals surface area contributed by atoms with Crippen LogP contribution in [-0.4, -0.2) is 30.2 Å². The molecule has 0 atom stereocenters. The molecular weight excluding hydrogens is 141 g/mol. The third-order valence-electron chi connectivity index (χ3n) is 1.80. The summed E-state index contributed by atoms with van der Waals surface area (Å²) < 4.78 is 13.0. The van der Waals surface area contributed by atoms with E-state index in [4.69, 9.17) is 0 Å². The smallest absolute Gasteiger partial charge is 0.133 e. The van der Waals surface area contributed by atoms with E-state index >= 15 is 0 Å². The quantitative estimate of drug-likeness (QED) is 0.566. The Labute approximate surface area is 68.6 Å². The van der Waals surface area contributed by atoms with Crippen molar-refractivity contribution in [3.8, 4) is 0 Å². The first-order valence-electron chi connectivity index (χ1n) is 4.20. The molecule has 1 aliphatic heterocycles. The Balaban J connectivity index is 2.24. The summed E-state index contributed by atoms with van der Waals surface area (Å²) in [5.74, 6) is 0. The Morgan fingerprint density at radius 2 is 1.82 bits per heavy atom. The minimum Gasteiger partial charge on any atom is -0.296 e. The van der Waals surface area contributed by atoms with Gasteiger partial charge in [-0.25, -0.2) is 4.39 Å². The second kappa shape index (κ2) is 2.44. The minimum atomic E-state index is -0.911. The summed E-state index contributed by atoms with van der Waals surface area (Å²) in [6, 6.07) is 0. The highest BCUT2D eigenvalue weighted by Gasteiger charge is 2.39. The van der Waals surface area contributed by atoms with Crippen LogP contribution in [0.5, 0.6) is 0 Å². The van der Waals surface area contributed by atoms with Crippen LogP contribution in [0.25, 0.3) is 0 Å². The predicted molar refractivity (Wildman–Crippen MR) is 45.4 cm³/mol. The van der Waals surface area contributed by atoms with Gasteiger partial charge in [0, 0.05) is 19.6 Å². The average Bonchev–Trinajstić information content (AvgIpc) is 1.53. The largest absolute Gasteiger partial charge is 0.296 e. The first kappa shape index (κ1) is 8.98. The van der Waals surface area contributed by atoms with Gasteiger partial charge in [-0.05, 0) is 12.3 Å². The molecule has 66 valence electrons. The van der Waals surface area contributed by atoms with Crippen molar-refractivity contribution in [3.63, 3.8) is 0 Å². The third-order valence-corrected chi connectivity index (χ3v) is 1.80. The number of nitrogens with zero attached hydrogens (tertiary/aromatic N) is 1. The van der Waals surface area contributed by atoms with Crippen LogP contribution in [0.1, 0.15) is 27.7 Å². The molecule has 1 aliphatic rings. The van der Waals surface area contributed by atoms with E-state index in [0.717, 1.165) is 6.54 Å². The Morgan fingerprint density at radius 3 is 2.09 bits per heavy atom. The lowest BCUT2D eigenvalue weighted by Gasteiger charge is -2.45. The van der Waals surface area contributed by atoms with Gasteiger partial charge in [0.2, 0.25) is 0 Å². The maximum Gasteiger partial charge on any atom is 0.133 e. The monoisotopic (exact) mass is 159 g/mol. The van der Waals surface area contributed by atoms with Crippen molar-refractivity contribution >= 4 is 0 Å². The molecule has 1 heterocycles. The fraction of sp³-hybridized carbons (Fsp3) is 1.00. The van der Waals surface area contributed by atoms with Crippen LogP contribution in [0.4, 0.5) is 4.39 Å². The van der Waals surface area contributed by atoms with E-state index in [-0.39, 0.29) is 0 Å². The van der Waals surface area contributed by atoms with Crippen molar-refractivity contribution in [2.45, 2.75) is 33.4 Å². The van der Waals surface area contributed by atoms with Crippen LogP contribution < -0.4 is 0 Å². The van der Waals surface area contributed by atoms with Gasteiger partial charge in [0.15, 0.2) is 0 Å². The van der Waals surface area contributed by atoms with Crippen LogP contribution in [0.2, 0.25) is 0 Å². The van der Waals surface area contributed by atoms with Gasteiger partial charge >= 0.3 is 0 Å². The molecule has 0 aromatic heterocycles. The molecule has 0 spiro atoms. The Morgan fingerprint density at radius 1 is 1.36 bits per heavy atom. The topological polar surface area (TPSA) is 3.24 Å². The first-order valence-corrected chi connectivity index (χ1v) is 4.20. The number of likely N-dealkylation sites (tertiary alicyclic amines) is 1. The van der Waals surface area contributed by atoms with E-state index in [1.807, 2.05) is 0 Å². The summed E-state index contributed by atoms with van der Waals surface area (Å²) >= 11 is 0. The molecule has 0 bridgehead atoms. The zero-order chi connectivity index (χ0) is 8.70. The highest BCUT2D eigenvalue weighted by atomic mass is 19.1. The lowest BCUT2D eigenvalue weighted by Crippen LogP contribution is -2.58. The van der Waals surface area contributed by atoms with Crippen molar-refractivity contribution in [2.24, 2.45) is 5.41 Å². The van der Waals surface area contributed by atoms with Crippen LogP contribution in [0, 0.1) is 5.41 Å². The van der Waals surface area contributed by atoms with Gasteiger partial charge in [0.05, 0.1) is 0 Å². The lowest BCUT2D eigenvalue weighted by molar-refractivity contribution is -0.0336. The van der Waals surface area contributed by atoms with Gasteiger partial charge in [-0.3, -0.25) is 4.90 Å². The number of alkyl halides is 1. The summed E-state index contributed by atoms with van der Waals surface area (Å²) in [6.45, 7) is 10.5. The number of hydrogen-bond donors (Lipinski definition) is 0. The zero-order valence-corrected chi connectivity index (χ0v) is 7.95. The van der Waals surface area contributed by atoms with Gasteiger partial charge in [0.1, 0.15) is 5.67 Å². The van der Waals surface area contributed by atoms with Gasteiger partial charge in [-0.2, -0.15) is 0 Å². The molecule has 1 fully saturated rings. The number of rotatable bonds is 1. The van der Waals surface area contributed by atoms with E-state index in [0.29, 0.717) is 18.5 Å². The minimum absolute atomic E-state index is 0.302. The van der Waals surface area contributed by atoms with Crippen molar-refractivity contribution in [1.29, 1.82) is 0 Å². The lowest BCUT2D eigenvalue weighted by atomic mass is 9.91. The number of halogens is 1. The van der Waals surface area contributed by atoms with Crippen molar-refractivity contribution in [1.82, 2.24) is 4.90 Å². The summed E-state index contributed by atoms with van der Waals surface area (Å²) in [6.07, 6.45) is 0. The zero-order valence-electron chi connectivity index (χ0n) is 7.95. The molecule has 0 aliphatic carbocycles. The van der Waals surface area contributed by atoms with Gasteiger partial charge in [-0.1, -0.05) is 20.8 Å². The molecule has 2 heteroatoms. The third kappa shape index (κ3) is 2.78. The second-order valence-electron chi connectivity index (χ2n) is 5.12. The molecule has 1 nitrogen and oxygen atoms in total. The van der Waals surface area contributed by atoms with E-state index in [1.165, 1.54) is 0 Å². The van der Waals surface area contributed by atoms with Gasteiger partial charge in [0.25, 0.3) is 0 Å². The van der Waals surface area contributed by atoms with E-state index < -0.39 is 5.67 Å². The van der Waals surface area contributed by atoms with Gasteiger partial charge < -0.3 is 0 Å². The first-order chi connectivity index (χ1) is 4.79. The highest BCUT2D eigenvalue weighted by molar-refractivity contribution is 4.93. The van der Waals surface area contributed by atoms with Crippen LogP contribution >= 0.6 is 0 Å². The molecule has 0 N–H and O–H groups in total. The SMILES string of the molecule is CC(C)(C)CN1CC(C)(F)C1. The van der Waals surface area contributed by atoms with Crippen molar-refractivity contribution in [3.05, 3.63) is 0 Å². The van der Waals surface area contributed by atoms with Crippen LogP contribution in [0.3, 0.4) is 0 Å². The maximum atomic E-state index is 13.0. The Bertz CT molecular complexity index is 138. The Hall–Kier alpha value is -0.110. The van der Waals surface area contributed by atoms with Crippen LogP contribution in [0.15, 0.2) is 0 Å². The molecule has 0 aromatic rings. The average molecular weight is 159 g/mol. The summed E-state index contributed by atoms with van der Waals surface area (Å²) in [7, 11) is 0. The Kier molecular flexibility index (Phi) is 1.99. The van der Waals surface area contributed by atoms with Crippen molar-refractivity contribution in [2.75, 3.05) is 19.6 Å². The number of hydrogen-bond acceptors (Lipinski definition) is 1. The molecule has 1 saturated heterocycles. The van der Waals surface area contributed by atoms with Crippen molar-refractivity contribution < 1.29 is 4.39 Å². The summed E-state index contributed by atoms with van der Waals surface area (Å²) in [5, 5.41) is 0. The normalized spacial score (nSPS) is 24.8. The molecule has 1 rings (SSSR count). The predicted octanol–water partition coefficient (Wildman–Crippen LogP) is 2.08. The standard InChI is InChI=1S/C9H18FN/c1-8(2,3)5-11-6-9(4,10)7-11/h5-7H2,1-4H3. The second-order valence-corrected chi connectivity index (χ2v) is 5.12. The van der Waals surface area contributed by atoms with Crippen LogP contribution in [-0.2, 0) is 0 Å². The molecule has 0 unspecified atom stereocenters. The fourth-order valence-electron chi connectivity index (χ4n) is 1.67. The summed E-state index contributed by atoms with van der Waals surface area (Å²) in [5.41, 5.74) is -0.609. The van der Waals surface area contributed by atoms with E-state index in [9.17, 15) is 4.39 Å². The molecule has 11 heavy (non-hydrogen) atoms. The molecule has 0 amide bonds.